The molecule has 0 saturated carbocycles. The number of carbonyl (C=O) groups excluding carboxylic acids is 2. The van der Waals surface area contributed by atoms with Gasteiger partial charge in [-0.1, -0.05) is 43.0 Å². The van der Waals surface area contributed by atoms with Crippen molar-refractivity contribution in [3.05, 3.63) is 71.8 Å². The molecule has 1 aliphatic heterocycles. The van der Waals surface area contributed by atoms with Crippen LogP contribution in [0.3, 0.4) is 0 Å². The van der Waals surface area contributed by atoms with Gasteiger partial charge in [-0.2, -0.15) is 0 Å². The van der Waals surface area contributed by atoms with E-state index in [1.165, 1.54) is 0 Å². The molecule has 3 rings (SSSR count). The van der Waals surface area contributed by atoms with E-state index in [0.29, 0.717) is 17.7 Å². The first-order valence-corrected chi connectivity index (χ1v) is 7.50. The van der Waals surface area contributed by atoms with Gasteiger partial charge in [0.1, 0.15) is 24.0 Å². The van der Waals surface area contributed by atoms with E-state index < -0.39 is 11.9 Å². The van der Waals surface area contributed by atoms with Crippen LogP contribution < -0.4 is 4.74 Å². The highest BCUT2D eigenvalue weighted by atomic mass is 16.6. The van der Waals surface area contributed by atoms with Gasteiger partial charge in [-0.15, -0.1) is 0 Å². The van der Waals surface area contributed by atoms with Gasteiger partial charge in [0, 0.05) is 0 Å². The molecule has 2 aromatic rings. The number of para-hydroxylation sites is 1. The van der Waals surface area contributed by atoms with Gasteiger partial charge in [-0.25, -0.2) is 9.59 Å². The average Bonchev–Trinajstić information content (AvgIpc) is 3.44. The Hall–Kier alpha value is -2.92. The first-order valence-electron chi connectivity index (χ1n) is 7.50. The molecule has 0 amide bonds. The van der Waals surface area contributed by atoms with E-state index in [1.807, 2.05) is 0 Å². The van der Waals surface area contributed by atoms with Gasteiger partial charge >= 0.3 is 11.9 Å². The van der Waals surface area contributed by atoms with Crippen LogP contribution >= 0.6 is 0 Å². The summed E-state index contributed by atoms with van der Waals surface area (Å²) in [7, 11) is 0. The van der Waals surface area contributed by atoms with E-state index in [2.05, 4.69) is 6.58 Å². The summed E-state index contributed by atoms with van der Waals surface area (Å²) in [6, 6.07) is 13.4. The van der Waals surface area contributed by atoms with Gasteiger partial charge in [0.05, 0.1) is 12.2 Å². The van der Waals surface area contributed by atoms with E-state index in [0.717, 1.165) is 0 Å². The highest BCUT2D eigenvalue weighted by Crippen LogP contribution is 2.22. The first-order chi connectivity index (χ1) is 11.7. The van der Waals surface area contributed by atoms with E-state index in [1.54, 1.807) is 54.6 Å². The van der Waals surface area contributed by atoms with E-state index in [4.69, 9.17) is 14.2 Å². The number of ether oxygens (including phenoxy) is 3. The molecule has 0 aromatic heterocycles. The maximum Gasteiger partial charge on any atom is 0.344 e. The fourth-order valence-corrected chi connectivity index (χ4v) is 2.15. The lowest BCUT2D eigenvalue weighted by Gasteiger charge is -2.10. The third kappa shape index (κ3) is 3.70. The van der Waals surface area contributed by atoms with Gasteiger partial charge in [-0.3, -0.25) is 0 Å². The monoisotopic (exact) mass is 324 g/mol. The average molecular weight is 324 g/mol. The summed E-state index contributed by atoms with van der Waals surface area (Å²) in [5.74, 6) is -0.953. The van der Waals surface area contributed by atoms with E-state index in [-0.39, 0.29) is 24.0 Å². The van der Waals surface area contributed by atoms with E-state index >= 15 is 0 Å². The minimum atomic E-state index is -0.559. The lowest BCUT2D eigenvalue weighted by Crippen LogP contribution is -2.15. The fraction of sp³-hybridized carbons (Fsp3) is 0.158. The zero-order valence-electron chi connectivity index (χ0n) is 12.9. The predicted molar refractivity (Wildman–Crippen MR) is 88.0 cm³/mol. The summed E-state index contributed by atoms with van der Waals surface area (Å²) in [5.41, 5.74) is 1.23. The van der Waals surface area contributed by atoms with Crippen LogP contribution in [0.5, 0.6) is 5.75 Å². The van der Waals surface area contributed by atoms with Crippen LogP contribution in [-0.4, -0.2) is 31.3 Å². The van der Waals surface area contributed by atoms with Crippen LogP contribution in [0.25, 0.3) is 6.08 Å². The summed E-state index contributed by atoms with van der Waals surface area (Å²) in [6.07, 6.45) is 1.55. The summed E-state index contributed by atoms with van der Waals surface area (Å²) in [4.78, 5) is 24.6. The van der Waals surface area contributed by atoms with E-state index in [9.17, 15) is 9.59 Å². The maximum absolute atomic E-state index is 12.4. The quantitative estimate of drug-likeness (QED) is 0.464. The molecule has 1 unspecified atom stereocenters. The van der Waals surface area contributed by atoms with Crippen molar-refractivity contribution in [1.82, 2.24) is 0 Å². The second-order valence-corrected chi connectivity index (χ2v) is 5.23. The molecule has 1 fully saturated rings. The van der Waals surface area contributed by atoms with Crippen molar-refractivity contribution in [2.45, 2.75) is 6.10 Å². The molecule has 24 heavy (non-hydrogen) atoms. The number of hydrogen-bond donors (Lipinski definition) is 0. The number of epoxide rings is 1. The molecule has 5 nitrogen and oxygen atoms in total. The number of hydrogen-bond acceptors (Lipinski definition) is 5. The molecule has 1 saturated heterocycles. The molecule has 0 N–H and O–H groups in total. The number of benzene rings is 2. The zero-order chi connectivity index (χ0) is 16.9. The van der Waals surface area contributed by atoms with Crippen molar-refractivity contribution in [3.8, 4) is 5.75 Å². The minimum Gasteiger partial charge on any atom is -0.459 e. The standard InChI is InChI=1S/C19H16O5/c1-2-13-7-3-4-8-15(13)19(21)24-17-10-6-5-9-16(17)18(20)23-12-14-11-22-14/h2-10,14H,1,11-12H2. The SMILES string of the molecule is C=Cc1ccccc1C(=O)Oc1ccccc1C(=O)OCC1CO1. The van der Waals surface area contributed by atoms with Crippen molar-refractivity contribution < 1.29 is 23.8 Å². The third-order valence-electron chi connectivity index (χ3n) is 3.51. The molecule has 0 aliphatic carbocycles. The maximum atomic E-state index is 12.4. The molecule has 0 radical (unpaired) electrons. The predicted octanol–water partition coefficient (Wildman–Crippen LogP) is 3.10. The molecule has 122 valence electrons. The Labute approximate surface area is 139 Å². The molecular weight excluding hydrogens is 308 g/mol. The molecule has 1 aliphatic rings. The minimum absolute atomic E-state index is 0.0249. The second-order valence-electron chi connectivity index (χ2n) is 5.23. The lowest BCUT2D eigenvalue weighted by atomic mass is 10.1. The van der Waals surface area contributed by atoms with Gasteiger partial charge in [0.15, 0.2) is 0 Å². The molecule has 0 bridgehead atoms. The van der Waals surface area contributed by atoms with Gasteiger partial charge in [-0.05, 0) is 23.8 Å². The Morgan fingerprint density at radius 1 is 1.08 bits per heavy atom. The Morgan fingerprint density at radius 3 is 2.46 bits per heavy atom. The second kappa shape index (κ2) is 7.10. The summed E-state index contributed by atoms with van der Waals surface area (Å²) in [6.45, 7) is 4.47. The fourth-order valence-electron chi connectivity index (χ4n) is 2.15. The van der Waals surface area contributed by atoms with Gasteiger partial charge < -0.3 is 14.2 Å². The van der Waals surface area contributed by atoms with Crippen molar-refractivity contribution in [2.24, 2.45) is 0 Å². The van der Waals surface area contributed by atoms with Crippen LogP contribution in [0, 0.1) is 0 Å². The third-order valence-corrected chi connectivity index (χ3v) is 3.51. The number of esters is 2. The summed E-state index contributed by atoms with van der Waals surface area (Å²) < 4.78 is 15.6. The zero-order valence-corrected chi connectivity index (χ0v) is 12.9. The molecule has 2 aromatic carbocycles. The topological polar surface area (TPSA) is 65.1 Å². The molecular formula is C19H16O5. The molecule has 1 atom stereocenters. The highest BCUT2D eigenvalue weighted by molar-refractivity contribution is 5.98. The smallest absolute Gasteiger partial charge is 0.344 e. The number of carbonyl (C=O) groups is 2. The van der Waals surface area contributed by atoms with Gasteiger partial charge in [0.2, 0.25) is 0 Å². The van der Waals surface area contributed by atoms with Crippen molar-refractivity contribution in [2.75, 3.05) is 13.2 Å². The number of rotatable bonds is 6. The van der Waals surface area contributed by atoms with Crippen LogP contribution in [-0.2, 0) is 9.47 Å². The molecule has 5 heteroatoms. The van der Waals surface area contributed by atoms with Crippen molar-refractivity contribution in [1.29, 1.82) is 0 Å². The first kappa shape index (κ1) is 16.0. The highest BCUT2D eigenvalue weighted by Gasteiger charge is 2.25. The Kier molecular flexibility index (Phi) is 4.72. The van der Waals surface area contributed by atoms with Crippen LogP contribution in [0.2, 0.25) is 0 Å². The van der Waals surface area contributed by atoms with Gasteiger partial charge in [0.25, 0.3) is 0 Å². The molecule has 1 heterocycles. The van der Waals surface area contributed by atoms with Crippen molar-refractivity contribution in [3.63, 3.8) is 0 Å². The Morgan fingerprint density at radius 2 is 1.75 bits per heavy atom. The molecule has 0 spiro atoms. The van der Waals surface area contributed by atoms with Crippen molar-refractivity contribution >= 4 is 18.0 Å². The normalized spacial score (nSPS) is 15.4. The largest absolute Gasteiger partial charge is 0.459 e. The van der Waals surface area contributed by atoms with Crippen LogP contribution in [0.15, 0.2) is 55.1 Å². The van der Waals surface area contributed by atoms with Crippen LogP contribution in [0.1, 0.15) is 26.3 Å². The summed E-state index contributed by atoms with van der Waals surface area (Å²) in [5, 5.41) is 0. The lowest BCUT2D eigenvalue weighted by molar-refractivity contribution is 0.0471. The Bertz CT molecular complexity index is 777. The van der Waals surface area contributed by atoms with Crippen LogP contribution in [0.4, 0.5) is 0 Å². The Balaban J connectivity index is 1.78. The summed E-state index contributed by atoms with van der Waals surface area (Å²) >= 11 is 0.